The zero-order chi connectivity index (χ0) is 17.1. The first-order chi connectivity index (χ1) is 11.5. The second kappa shape index (κ2) is 6.54. The Kier molecular flexibility index (Phi) is 4.29. The maximum atomic E-state index is 12.3. The minimum absolute atomic E-state index is 0.291. The molecule has 6 heteroatoms. The van der Waals surface area contributed by atoms with Crippen molar-refractivity contribution in [2.75, 3.05) is 10.6 Å². The first-order valence-electron chi connectivity index (χ1n) is 7.56. The summed E-state index contributed by atoms with van der Waals surface area (Å²) in [4.78, 5) is 16.4. The number of hydrogen-bond donors (Lipinski definition) is 2. The predicted octanol–water partition coefficient (Wildman–Crippen LogP) is 3.99. The third-order valence-electron chi connectivity index (χ3n) is 3.62. The van der Waals surface area contributed by atoms with E-state index in [4.69, 9.17) is 4.52 Å². The summed E-state index contributed by atoms with van der Waals surface area (Å²) >= 11 is 0. The van der Waals surface area contributed by atoms with Crippen molar-refractivity contribution in [3.63, 3.8) is 0 Å². The van der Waals surface area contributed by atoms with Gasteiger partial charge in [-0.2, -0.15) is 0 Å². The molecule has 2 aromatic heterocycles. The molecule has 0 fully saturated rings. The van der Waals surface area contributed by atoms with E-state index in [0.717, 1.165) is 22.5 Å². The zero-order valence-corrected chi connectivity index (χ0v) is 13.8. The van der Waals surface area contributed by atoms with Crippen molar-refractivity contribution in [2.24, 2.45) is 0 Å². The Morgan fingerprint density at radius 1 is 1.08 bits per heavy atom. The van der Waals surface area contributed by atoms with Crippen LogP contribution in [-0.2, 0) is 0 Å². The van der Waals surface area contributed by atoms with E-state index in [1.807, 2.05) is 32.0 Å². The van der Waals surface area contributed by atoms with Crippen LogP contribution >= 0.6 is 0 Å². The van der Waals surface area contributed by atoms with Crippen LogP contribution < -0.4 is 10.6 Å². The van der Waals surface area contributed by atoms with Crippen LogP contribution in [0.4, 0.5) is 17.2 Å². The highest BCUT2D eigenvalue weighted by Gasteiger charge is 2.11. The molecule has 0 aliphatic carbocycles. The van der Waals surface area contributed by atoms with Crippen LogP contribution in [0.5, 0.6) is 0 Å². The van der Waals surface area contributed by atoms with Crippen LogP contribution in [0.15, 0.2) is 47.2 Å². The Labute approximate surface area is 139 Å². The molecule has 0 aliphatic heterocycles. The second-order valence-corrected chi connectivity index (χ2v) is 5.63. The molecule has 6 nitrogen and oxygen atoms in total. The lowest BCUT2D eigenvalue weighted by molar-refractivity contribution is 0.102. The van der Waals surface area contributed by atoms with Crippen molar-refractivity contribution in [1.82, 2.24) is 10.1 Å². The van der Waals surface area contributed by atoms with Gasteiger partial charge in [-0.05, 0) is 38.0 Å². The lowest BCUT2D eigenvalue weighted by atomic mass is 10.1. The van der Waals surface area contributed by atoms with Gasteiger partial charge in [-0.25, -0.2) is 0 Å². The van der Waals surface area contributed by atoms with E-state index in [2.05, 4.69) is 20.8 Å². The van der Waals surface area contributed by atoms with Crippen LogP contribution in [0, 0.1) is 20.8 Å². The summed E-state index contributed by atoms with van der Waals surface area (Å²) in [5, 5.41) is 9.76. The van der Waals surface area contributed by atoms with Gasteiger partial charge in [0.05, 0.1) is 17.4 Å². The Balaban J connectivity index is 1.80. The maximum absolute atomic E-state index is 12.3. The summed E-state index contributed by atoms with van der Waals surface area (Å²) in [5.74, 6) is 0.723. The van der Waals surface area contributed by atoms with Gasteiger partial charge >= 0.3 is 0 Å². The highest BCUT2D eigenvalue weighted by Crippen LogP contribution is 2.24. The minimum Gasteiger partial charge on any atom is -0.360 e. The molecule has 0 saturated carbocycles. The number of aryl methyl sites for hydroxylation is 3. The molecule has 3 aromatic rings. The molecule has 1 amide bonds. The number of pyridine rings is 1. The van der Waals surface area contributed by atoms with Crippen molar-refractivity contribution in [2.45, 2.75) is 20.8 Å². The molecule has 0 bridgehead atoms. The quantitative estimate of drug-likeness (QED) is 0.759. The van der Waals surface area contributed by atoms with Gasteiger partial charge in [0, 0.05) is 18.0 Å². The average Bonchev–Trinajstić information content (AvgIpc) is 2.96. The highest BCUT2D eigenvalue weighted by molar-refractivity contribution is 6.04. The predicted molar refractivity (Wildman–Crippen MR) is 92.6 cm³/mol. The van der Waals surface area contributed by atoms with Gasteiger partial charge in [0.1, 0.15) is 5.76 Å². The number of hydrogen-bond acceptors (Lipinski definition) is 5. The normalized spacial score (nSPS) is 10.5. The van der Waals surface area contributed by atoms with E-state index in [-0.39, 0.29) is 5.91 Å². The number of nitrogens with zero attached hydrogens (tertiary/aromatic N) is 2. The van der Waals surface area contributed by atoms with Crippen LogP contribution in [0.25, 0.3) is 0 Å². The SMILES string of the molecule is Cc1cc(NC(=O)c2cncc(Nc3c(C)cccc3C)c2)no1. The number of benzene rings is 1. The summed E-state index contributed by atoms with van der Waals surface area (Å²) in [6.45, 7) is 5.83. The Bertz CT molecular complexity index is 866. The average molecular weight is 322 g/mol. The van der Waals surface area contributed by atoms with Gasteiger partial charge in [0.2, 0.25) is 0 Å². The molecule has 24 heavy (non-hydrogen) atoms. The molecular formula is C18H18N4O2. The third kappa shape index (κ3) is 3.43. The van der Waals surface area contributed by atoms with Gasteiger partial charge in [-0.3, -0.25) is 9.78 Å². The molecule has 0 saturated heterocycles. The van der Waals surface area contributed by atoms with E-state index < -0.39 is 0 Å². The fourth-order valence-electron chi connectivity index (χ4n) is 2.40. The van der Waals surface area contributed by atoms with Crippen molar-refractivity contribution in [3.8, 4) is 0 Å². The number of para-hydroxylation sites is 1. The molecule has 2 heterocycles. The smallest absolute Gasteiger partial charge is 0.258 e. The van der Waals surface area contributed by atoms with E-state index in [1.165, 1.54) is 6.20 Å². The zero-order valence-electron chi connectivity index (χ0n) is 13.8. The minimum atomic E-state index is -0.291. The Morgan fingerprint density at radius 2 is 1.83 bits per heavy atom. The van der Waals surface area contributed by atoms with Gasteiger partial charge in [-0.1, -0.05) is 23.4 Å². The van der Waals surface area contributed by atoms with Crippen LogP contribution in [0.1, 0.15) is 27.2 Å². The number of carbonyl (C=O) groups is 1. The summed E-state index contributed by atoms with van der Waals surface area (Å²) in [6, 6.07) is 9.49. The van der Waals surface area contributed by atoms with Gasteiger partial charge in [0.25, 0.3) is 5.91 Å². The highest BCUT2D eigenvalue weighted by atomic mass is 16.5. The van der Waals surface area contributed by atoms with Crippen molar-refractivity contribution >= 4 is 23.1 Å². The van der Waals surface area contributed by atoms with Crippen LogP contribution in [0.3, 0.4) is 0 Å². The Hall–Kier alpha value is -3.15. The lowest BCUT2D eigenvalue weighted by Crippen LogP contribution is -2.12. The van der Waals surface area contributed by atoms with E-state index in [9.17, 15) is 4.79 Å². The standard InChI is InChI=1S/C18H18N4O2/c1-11-5-4-6-12(2)17(11)20-15-8-14(9-19-10-15)18(23)21-16-7-13(3)24-22-16/h4-10,20H,1-3H3,(H,21,22,23). The number of nitrogens with one attached hydrogen (secondary N) is 2. The fourth-order valence-corrected chi connectivity index (χ4v) is 2.40. The Morgan fingerprint density at radius 3 is 2.50 bits per heavy atom. The topological polar surface area (TPSA) is 80.0 Å². The summed E-state index contributed by atoms with van der Waals surface area (Å²) in [6.07, 6.45) is 3.20. The monoisotopic (exact) mass is 322 g/mol. The number of rotatable bonds is 4. The van der Waals surface area contributed by atoms with E-state index in [1.54, 1.807) is 25.3 Å². The number of carbonyl (C=O) groups excluding carboxylic acids is 1. The molecule has 3 rings (SSSR count). The molecule has 0 atom stereocenters. The molecular weight excluding hydrogens is 304 g/mol. The van der Waals surface area contributed by atoms with E-state index >= 15 is 0 Å². The van der Waals surface area contributed by atoms with Gasteiger partial charge in [0.15, 0.2) is 5.82 Å². The van der Waals surface area contributed by atoms with Gasteiger partial charge in [-0.15, -0.1) is 0 Å². The maximum Gasteiger partial charge on any atom is 0.258 e. The molecule has 122 valence electrons. The van der Waals surface area contributed by atoms with Crippen molar-refractivity contribution < 1.29 is 9.32 Å². The van der Waals surface area contributed by atoms with Crippen LogP contribution in [0.2, 0.25) is 0 Å². The van der Waals surface area contributed by atoms with Crippen molar-refractivity contribution in [1.29, 1.82) is 0 Å². The third-order valence-corrected chi connectivity index (χ3v) is 3.62. The summed E-state index contributed by atoms with van der Waals surface area (Å²) in [5.41, 5.74) is 4.46. The molecule has 0 unspecified atom stereocenters. The fraction of sp³-hybridized carbons (Fsp3) is 0.167. The summed E-state index contributed by atoms with van der Waals surface area (Å²) < 4.78 is 4.94. The van der Waals surface area contributed by atoms with Crippen LogP contribution in [-0.4, -0.2) is 16.0 Å². The number of amides is 1. The largest absolute Gasteiger partial charge is 0.360 e. The lowest BCUT2D eigenvalue weighted by Gasteiger charge is -2.13. The number of anilines is 3. The van der Waals surface area contributed by atoms with Crippen molar-refractivity contribution in [3.05, 3.63) is 65.2 Å². The second-order valence-electron chi connectivity index (χ2n) is 5.63. The molecule has 0 radical (unpaired) electrons. The summed E-state index contributed by atoms with van der Waals surface area (Å²) in [7, 11) is 0. The first kappa shape index (κ1) is 15.7. The van der Waals surface area contributed by atoms with Gasteiger partial charge < -0.3 is 15.2 Å². The molecule has 0 aliphatic rings. The first-order valence-corrected chi connectivity index (χ1v) is 7.56. The molecule has 0 spiro atoms. The molecule has 1 aromatic carbocycles. The van der Waals surface area contributed by atoms with E-state index in [0.29, 0.717) is 17.1 Å². The number of aromatic nitrogens is 2. The molecule has 2 N–H and O–H groups in total.